The Balaban J connectivity index is 0.00000242. The van der Waals surface area contributed by atoms with Gasteiger partial charge in [0, 0.05) is 31.2 Å². The van der Waals surface area contributed by atoms with E-state index in [-0.39, 0.29) is 36.6 Å². The molecule has 4 nitrogen and oxygen atoms in total. The third-order valence-electron chi connectivity index (χ3n) is 4.17. The highest BCUT2D eigenvalue weighted by atomic mass is 35.5. The summed E-state index contributed by atoms with van der Waals surface area (Å²) in [4.78, 5) is 14.3. The second kappa shape index (κ2) is 10.9. The molecule has 0 aromatic heterocycles. The Morgan fingerprint density at radius 2 is 2.00 bits per heavy atom. The number of carbonyl (C=O) groups is 1. The molecular weight excluding hydrogens is 333 g/mol. The summed E-state index contributed by atoms with van der Waals surface area (Å²) in [6.07, 6.45) is 2.65. The molecule has 3 N–H and O–H groups in total. The highest BCUT2D eigenvalue weighted by Gasteiger charge is 2.16. The molecule has 2 atom stereocenters. The summed E-state index contributed by atoms with van der Waals surface area (Å²) in [6.45, 7) is 7.91. The van der Waals surface area contributed by atoms with Crippen LogP contribution in [0.5, 0.6) is 0 Å². The summed E-state index contributed by atoms with van der Waals surface area (Å²) in [6, 6.07) is 8.15. The van der Waals surface area contributed by atoms with Gasteiger partial charge in [-0.3, -0.25) is 9.69 Å². The number of carbonyl (C=O) groups excluding carboxylic acids is 1. The van der Waals surface area contributed by atoms with Crippen LogP contribution in [0, 0.1) is 11.8 Å². The normalized spacial score (nSPS) is 19.2. The lowest BCUT2D eigenvalue weighted by Gasteiger charge is -2.30. The molecule has 23 heavy (non-hydrogen) atoms. The smallest absolute Gasteiger partial charge is 0.228 e. The van der Waals surface area contributed by atoms with Gasteiger partial charge in [-0.2, -0.15) is 0 Å². The molecule has 6 heteroatoms. The number of piperidine rings is 1. The van der Waals surface area contributed by atoms with Gasteiger partial charge in [0.05, 0.1) is 0 Å². The maximum Gasteiger partial charge on any atom is 0.228 e. The van der Waals surface area contributed by atoms with Gasteiger partial charge in [-0.25, -0.2) is 0 Å². The van der Waals surface area contributed by atoms with Crippen molar-refractivity contribution in [3.8, 4) is 0 Å². The third-order valence-corrected chi connectivity index (χ3v) is 4.17. The van der Waals surface area contributed by atoms with E-state index in [0.717, 1.165) is 18.2 Å². The minimum atomic E-state index is -0.153. The van der Waals surface area contributed by atoms with Crippen LogP contribution in [0.25, 0.3) is 0 Å². The molecule has 1 aliphatic heterocycles. The van der Waals surface area contributed by atoms with Gasteiger partial charge in [0.2, 0.25) is 5.91 Å². The fourth-order valence-corrected chi connectivity index (χ4v) is 2.75. The van der Waals surface area contributed by atoms with Crippen molar-refractivity contribution in [2.45, 2.75) is 33.2 Å². The van der Waals surface area contributed by atoms with Crippen LogP contribution in [0.2, 0.25) is 0 Å². The number of amides is 1. The molecule has 2 unspecified atom stereocenters. The minimum Gasteiger partial charge on any atom is -0.330 e. The largest absolute Gasteiger partial charge is 0.330 e. The van der Waals surface area contributed by atoms with Gasteiger partial charge in [-0.05, 0) is 43.0 Å². The number of nitrogens with zero attached hydrogens (tertiary/aromatic N) is 1. The van der Waals surface area contributed by atoms with Crippen LogP contribution < -0.4 is 11.1 Å². The van der Waals surface area contributed by atoms with Gasteiger partial charge in [-0.1, -0.05) is 26.0 Å². The molecule has 1 amide bonds. The summed E-state index contributed by atoms with van der Waals surface area (Å²) >= 11 is 0. The number of anilines is 1. The molecule has 132 valence electrons. The number of benzene rings is 1. The van der Waals surface area contributed by atoms with Crippen LogP contribution >= 0.6 is 24.8 Å². The Kier molecular flexibility index (Phi) is 10.5. The molecule has 0 saturated carbocycles. The van der Waals surface area contributed by atoms with Crippen LogP contribution in [0.3, 0.4) is 0 Å². The number of likely N-dealkylation sites (tertiary alicyclic amines) is 1. The third kappa shape index (κ3) is 7.08. The van der Waals surface area contributed by atoms with E-state index in [1.165, 1.54) is 31.5 Å². The molecule has 1 heterocycles. The van der Waals surface area contributed by atoms with E-state index in [2.05, 4.69) is 29.3 Å². The molecule has 0 spiro atoms. The van der Waals surface area contributed by atoms with Crippen molar-refractivity contribution in [2.24, 2.45) is 17.6 Å². The van der Waals surface area contributed by atoms with Crippen molar-refractivity contribution in [3.63, 3.8) is 0 Å². The maximum atomic E-state index is 11.8. The number of nitrogens with one attached hydrogen (secondary N) is 1. The zero-order chi connectivity index (χ0) is 15.2. The lowest BCUT2D eigenvalue weighted by atomic mass is 10.00. The first kappa shape index (κ1) is 22.2. The summed E-state index contributed by atoms with van der Waals surface area (Å²) in [5.41, 5.74) is 7.64. The van der Waals surface area contributed by atoms with E-state index in [1.807, 2.05) is 19.1 Å². The average molecular weight is 362 g/mol. The monoisotopic (exact) mass is 361 g/mol. The first-order valence-electron chi connectivity index (χ1n) is 7.90. The Labute approximate surface area is 152 Å². The van der Waals surface area contributed by atoms with E-state index >= 15 is 0 Å². The van der Waals surface area contributed by atoms with Crippen LogP contribution in [-0.2, 0) is 11.3 Å². The lowest BCUT2D eigenvalue weighted by Crippen LogP contribution is -2.33. The number of nitrogens with two attached hydrogens (primary N) is 1. The number of hydrogen-bond acceptors (Lipinski definition) is 3. The second-order valence-corrected chi connectivity index (χ2v) is 6.31. The average Bonchev–Trinajstić information content (AvgIpc) is 2.48. The van der Waals surface area contributed by atoms with E-state index in [9.17, 15) is 4.79 Å². The topological polar surface area (TPSA) is 58.4 Å². The first-order chi connectivity index (χ1) is 10.1. The van der Waals surface area contributed by atoms with Gasteiger partial charge in [0.25, 0.3) is 0 Å². The molecule has 2 rings (SSSR count). The number of halogens is 2. The Morgan fingerprint density at radius 3 is 2.57 bits per heavy atom. The fraction of sp³-hybridized carbons (Fsp3) is 0.588. The molecule has 0 bridgehead atoms. The predicted molar refractivity (Wildman–Crippen MR) is 101 cm³/mol. The van der Waals surface area contributed by atoms with Crippen molar-refractivity contribution < 1.29 is 4.79 Å². The van der Waals surface area contributed by atoms with E-state index in [0.29, 0.717) is 6.54 Å². The highest BCUT2D eigenvalue weighted by molar-refractivity contribution is 5.92. The van der Waals surface area contributed by atoms with Crippen molar-refractivity contribution >= 4 is 36.4 Å². The van der Waals surface area contributed by atoms with E-state index in [4.69, 9.17) is 5.73 Å². The van der Waals surface area contributed by atoms with Gasteiger partial charge >= 0.3 is 0 Å². The Hall–Kier alpha value is -0.810. The molecule has 1 fully saturated rings. The lowest BCUT2D eigenvalue weighted by molar-refractivity contribution is -0.119. The Morgan fingerprint density at radius 1 is 1.35 bits per heavy atom. The predicted octanol–water partition coefficient (Wildman–Crippen LogP) is 3.30. The molecule has 1 aromatic carbocycles. The molecular formula is C17H29Cl2N3O. The fourth-order valence-electron chi connectivity index (χ4n) is 2.75. The van der Waals surface area contributed by atoms with Crippen molar-refractivity contribution in [1.29, 1.82) is 0 Å². The zero-order valence-corrected chi connectivity index (χ0v) is 15.6. The van der Waals surface area contributed by atoms with Crippen LogP contribution in [0.4, 0.5) is 5.69 Å². The molecule has 1 aliphatic rings. The van der Waals surface area contributed by atoms with Crippen LogP contribution in [0.15, 0.2) is 24.3 Å². The zero-order valence-electron chi connectivity index (χ0n) is 14.0. The minimum absolute atomic E-state index is 0. The van der Waals surface area contributed by atoms with Crippen molar-refractivity contribution in [2.75, 3.05) is 25.0 Å². The SMILES string of the molecule is CC1CCCN(Cc2ccc(NC(=O)C(C)CN)cc2)C1.Cl.Cl. The summed E-state index contributed by atoms with van der Waals surface area (Å²) < 4.78 is 0. The highest BCUT2D eigenvalue weighted by Crippen LogP contribution is 2.19. The van der Waals surface area contributed by atoms with Crippen molar-refractivity contribution in [1.82, 2.24) is 4.90 Å². The second-order valence-electron chi connectivity index (χ2n) is 6.31. The van der Waals surface area contributed by atoms with Gasteiger partial charge in [-0.15, -0.1) is 24.8 Å². The summed E-state index contributed by atoms with van der Waals surface area (Å²) in [5.74, 6) is 0.629. The van der Waals surface area contributed by atoms with Crippen LogP contribution in [0.1, 0.15) is 32.3 Å². The van der Waals surface area contributed by atoms with Gasteiger partial charge in [0.1, 0.15) is 0 Å². The molecule has 0 aliphatic carbocycles. The van der Waals surface area contributed by atoms with Gasteiger partial charge in [0.15, 0.2) is 0 Å². The van der Waals surface area contributed by atoms with Crippen LogP contribution in [-0.4, -0.2) is 30.4 Å². The number of rotatable bonds is 5. The first-order valence-corrected chi connectivity index (χ1v) is 7.90. The van der Waals surface area contributed by atoms with E-state index < -0.39 is 0 Å². The summed E-state index contributed by atoms with van der Waals surface area (Å²) in [5, 5.41) is 2.90. The molecule has 0 radical (unpaired) electrons. The van der Waals surface area contributed by atoms with Crippen molar-refractivity contribution in [3.05, 3.63) is 29.8 Å². The number of hydrogen-bond donors (Lipinski definition) is 2. The van der Waals surface area contributed by atoms with Gasteiger partial charge < -0.3 is 11.1 Å². The Bertz CT molecular complexity index is 467. The molecule has 1 saturated heterocycles. The molecule has 1 aromatic rings. The summed E-state index contributed by atoms with van der Waals surface area (Å²) in [7, 11) is 0. The standard InChI is InChI=1S/C17H27N3O.2ClH/c1-13-4-3-9-20(11-13)12-15-5-7-16(8-6-15)19-17(21)14(2)10-18;;/h5-8,13-14H,3-4,9-12,18H2,1-2H3,(H,19,21);2*1H. The van der Waals surface area contributed by atoms with E-state index in [1.54, 1.807) is 0 Å². The quantitative estimate of drug-likeness (QED) is 0.845. The maximum absolute atomic E-state index is 11.8.